The second-order valence-electron chi connectivity index (χ2n) is 8.15. The van der Waals surface area contributed by atoms with Crippen LogP contribution in [0.2, 0.25) is 0 Å². The third-order valence-electron chi connectivity index (χ3n) is 5.77. The zero-order valence-corrected chi connectivity index (χ0v) is 16.0. The minimum atomic E-state index is 0.121. The van der Waals surface area contributed by atoms with E-state index in [1.54, 1.807) is 0 Å². The van der Waals surface area contributed by atoms with Gasteiger partial charge in [0.2, 0.25) is 5.91 Å². The number of hydrogen-bond donors (Lipinski definition) is 2. The van der Waals surface area contributed by atoms with Crippen LogP contribution in [0.1, 0.15) is 26.7 Å². The van der Waals surface area contributed by atoms with E-state index in [1.165, 1.54) is 0 Å². The van der Waals surface area contributed by atoms with Crippen LogP contribution in [0.5, 0.6) is 0 Å². The maximum atomic E-state index is 12.5. The van der Waals surface area contributed by atoms with Crippen LogP contribution >= 0.6 is 0 Å². The van der Waals surface area contributed by atoms with Crippen LogP contribution in [0.25, 0.3) is 11.3 Å². The first-order valence-electron chi connectivity index (χ1n) is 9.80. The highest BCUT2D eigenvalue weighted by atomic mass is 16.2. The number of nitrogens with zero attached hydrogens (tertiary/aromatic N) is 4. The predicted molar refractivity (Wildman–Crippen MR) is 105 cm³/mol. The number of fused-ring (bicyclic) bond motifs is 3. The highest BCUT2D eigenvalue weighted by Crippen LogP contribution is 2.37. The molecule has 1 amide bonds. The Morgan fingerprint density at radius 2 is 2.26 bits per heavy atom. The average Bonchev–Trinajstić information content (AvgIpc) is 3.10. The van der Waals surface area contributed by atoms with Gasteiger partial charge in [-0.05, 0) is 51.3 Å². The number of amides is 1. The summed E-state index contributed by atoms with van der Waals surface area (Å²) in [5.74, 6) is 0.800. The summed E-state index contributed by atoms with van der Waals surface area (Å²) in [5.41, 5.74) is 8.42. The summed E-state index contributed by atoms with van der Waals surface area (Å²) in [6.07, 6.45) is 4.14. The summed E-state index contributed by atoms with van der Waals surface area (Å²) >= 11 is 0. The van der Waals surface area contributed by atoms with Crippen LogP contribution in [0.15, 0.2) is 30.5 Å². The maximum Gasteiger partial charge on any atom is 0.224 e. The number of aromatic nitrogens is 3. The van der Waals surface area contributed by atoms with Crippen LogP contribution in [-0.2, 0) is 11.3 Å². The molecule has 1 aromatic carbocycles. The smallest absolute Gasteiger partial charge is 0.224 e. The quantitative estimate of drug-likeness (QED) is 0.785. The van der Waals surface area contributed by atoms with Gasteiger partial charge in [-0.3, -0.25) is 14.4 Å². The summed E-state index contributed by atoms with van der Waals surface area (Å²) in [6.45, 7) is 6.77. The van der Waals surface area contributed by atoms with Gasteiger partial charge in [-0.15, -0.1) is 5.10 Å². The molecule has 4 atom stereocenters. The van der Waals surface area contributed by atoms with Gasteiger partial charge < -0.3 is 11.1 Å². The fraction of sp³-hybridized carbons (Fsp3) is 0.550. The van der Waals surface area contributed by atoms with Crippen LogP contribution in [0.4, 0.5) is 5.69 Å². The Morgan fingerprint density at radius 3 is 2.96 bits per heavy atom. The van der Waals surface area contributed by atoms with E-state index >= 15 is 0 Å². The summed E-state index contributed by atoms with van der Waals surface area (Å²) in [5, 5.41) is 11.7. The van der Waals surface area contributed by atoms with Gasteiger partial charge in [0.15, 0.2) is 0 Å². The van der Waals surface area contributed by atoms with E-state index in [2.05, 4.69) is 20.5 Å². The standard InChI is InChI=1S/C20H28N6O/c1-13(2)22-20(27)18-11-25-7-6-14(18)9-17(25)10-26-12-19(23-24-26)15-4-3-5-16(21)8-15/h3-5,8,12-14,17-18H,6-7,9-11,21H2,1-2H3,(H,22,27)/t14-,17+,18-/m0/s1. The number of hydrogen-bond acceptors (Lipinski definition) is 5. The summed E-state index contributed by atoms with van der Waals surface area (Å²) in [6, 6.07) is 8.32. The SMILES string of the molecule is CC(C)NC(=O)[C@H]1CN2CC[C@H]1C[C@@H]2Cn1cc(-c2cccc(N)c2)nn1. The van der Waals surface area contributed by atoms with Crippen molar-refractivity contribution >= 4 is 11.6 Å². The summed E-state index contributed by atoms with van der Waals surface area (Å²) in [7, 11) is 0. The van der Waals surface area contributed by atoms with Crippen LogP contribution < -0.4 is 11.1 Å². The number of rotatable bonds is 5. The van der Waals surface area contributed by atoms with E-state index in [4.69, 9.17) is 5.73 Å². The van der Waals surface area contributed by atoms with Gasteiger partial charge in [0.1, 0.15) is 5.69 Å². The molecule has 3 aliphatic rings. The molecule has 3 saturated heterocycles. The molecule has 0 radical (unpaired) electrons. The molecule has 3 fully saturated rings. The lowest BCUT2D eigenvalue weighted by atomic mass is 9.75. The summed E-state index contributed by atoms with van der Waals surface area (Å²) < 4.78 is 1.92. The molecule has 0 aliphatic carbocycles. The highest BCUT2D eigenvalue weighted by Gasteiger charge is 2.43. The number of carbonyl (C=O) groups excluding carboxylic acids is 1. The molecule has 0 spiro atoms. The van der Waals surface area contributed by atoms with Crippen molar-refractivity contribution in [3.63, 3.8) is 0 Å². The van der Waals surface area contributed by atoms with Gasteiger partial charge in [-0.25, -0.2) is 0 Å². The van der Waals surface area contributed by atoms with E-state index in [0.29, 0.717) is 12.0 Å². The van der Waals surface area contributed by atoms with Gasteiger partial charge in [0.25, 0.3) is 0 Å². The molecule has 2 bridgehead atoms. The molecule has 0 saturated carbocycles. The molecule has 4 heterocycles. The second kappa shape index (κ2) is 7.31. The Balaban J connectivity index is 1.41. The molecule has 7 heteroatoms. The van der Waals surface area contributed by atoms with Crippen molar-refractivity contribution in [1.29, 1.82) is 0 Å². The number of anilines is 1. The van der Waals surface area contributed by atoms with E-state index in [0.717, 1.165) is 49.4 Å². The maximum absolute atomic E-state index is 12.5. The molecule has 2 aromatic rings. The Morgan fingerprint density at radius 1 is 1.41 bits per heavy atom. The van der Waals surface area contributed by atoms with Crippen molar-refractivity contribution in [1.82, 2.24) is 25.2 Å². The normalized spacial score (nSPS) is 27.1. The molecule has 1 unspecified atom stereocenters. The number of nitrogens with one attached hydrogen (secondary N) is 1. The van der Waals surface area contributed by atoms with Crippen molar-refractivity contribution in [3.05, 3.63) is 30.5 Å². The van der Waals surface area contributed by atoms with Crippen LogP contribution in [-0.4, -0.2) is 51.0 Å². The molecule has 3 aliphatic heterocycles. The molecule has 3 N–H and O–H groups in total. The zero-order valence-electron chi connectivity index (χ0n) is 16.0. The first-order chi connectivity index (χ1) is 13.0. The Hall–Kier alpha value is -2.41. The topological polar surface area (TPSA) is 89.1 Å². The van der Waals surface area contributed by atoms with E-state index in [1.807, 2.05) is 49.0 Å². The third kappa shape index (κ3) is 3.83. The minimum absolute atomic E-state index is 0.121. The number of benzene rings is 1. The highest BCUT2D eigenvalue weighted by molar-refractivity contribution is 5.79. The van der Waals surface area contributed by atoms with Gasteiger partial charge in [0, 0.05) is 29.9 Å². The number of carbonyl (C=O) groups is 1. The van der Waals surface area contributed by atoms with Gasteiger partial charge in [-0.1, -0.05) is 17.3 Å². The first-order valence-corrected chi connectivity index (χ1v) is 9.80. The van der Waals surface area contributed by atoms with Crippen molar-refractivity contribution in [2.45, 2.75) is 45.3 Å². The molecule has 27 heavy (non-hydrogen) atoms. The average molecular weight is 368 g/mol. The van der Waals surface area contributed by atoms with Crippen molar-refractivity contribution in [3.8, 4) is 11.3 Å². The minimum Gasteiger partial charge on any atom is -0.399 e. The van der Waals surface area contributed by atoms with Gasteiger partial charge >= 0.3 is 0 Å². The molecule has 7 nitrogen and oxygen atoms in total. The second-order valence-corrected chi connectivity index (χ2v) is 8.15. The number of nitrogen functional groups attached to an aromatic ring is 1. The number of piperidine rings is 3. The van der Waals surface area contributed by atoms with E-state index in [9.17, 15) is 4.79 Å². The summed E-state index contributed by atoms with van der Waals surface area (Å²) in [4.78, 5) is 14.9. The van der Waals surface area contributed by atoms with E-state index in [-0.39, 0.29) is 17.9 Å². The molecule has 1 aromatic heterocycles. The third-order valence-corrected chi connectivity index (χ3v) is 5.77. The van der Waals surface area contributed by atoms with Crippen molar-refractivity contribution < 1.29 is 4.79 Å². The lowest BCUT2D eigenvalue weighted by molar-refractivity contribution is -0.133. The largest absolute Gasteiger partial charge is 0.399 e. The lowest BCUT2D eigenvalue weighted by Gasteiger charge is -2.49. The monoisotopic (exact) mass is 368 g/mol. The van der Waals surface area contributed by atoms with Crippen LogP contribution in [0, 0.1) is 11.8 Å². The fourth-order valence-corrected chi connectivity index (χ4v) is 4.45. The Bertz CT molecular complexity index is 816. The predicted octanol–water partition coefficient (Wildman–Crippen LogP) is 1.76. The molecule has 5 rings (SSSR count). The zero-order chi connectivity index (χ0) is 19.0. The molecule has 144 valence electrons. The Labute approximate surface area is 159 Å². The van der Waals surface area contributed by atoms with Crippen molar-refractivity contribution in [2.75, 3.05) is 18.8 Å². The molecular weight excluding hydrogens is 340 g/mol. The van der Waals surface area contributed by atoms with Crippen molar-refractivity contribution in [2.24, 2.45) is 11.8 Å². The van der Waals surface area contributed by atoms with E-state index < -0.39 is 0 Å². The Kier molecular flexibility index (Phi) is 4.86. The fourth-order valence-electron chi connectivity index (χ4n) is 4.45. The lowest BCUT2D eigenvalue weighted by Crippen LogP contribution is -2.58. The van der Waals surface area contributed by atoms with Gasteiger partial charge in [0.05, 0.1) is 18.7 Å². The van der Waals surface area contributed by atoms with Gasteiger partial charge in [-0.2, -0.15) is 0 Å². The first kappa shape index (κ1) is 18.0. The molecular formula is C20H28N6O. The number of nitrogens with two attached hydrogens (primary N) is 1. The van der Waals surface area contributed by atoms with Crippen LogP contribution in [0.3, 0.4) is 0 Å².